The molecule has 1 fully saturated rings. The maximum atomic E-state index is 11.9. The number of amides is 1. The standard InChI is InChI=1S/C11H20ClNO2/c1-11(2,8-12)13(3)10(14)7-9-5-4-6-15-9/h9H,4-8H2,1-3H3. The van der Waals surface area contributed by atoms with Crippen molar-refractivity contribution in [2.75, 3.05) is 19.5 Å². The van der Waals surface area contributed by atoms with Gasteiger partial charge in [0.25, 0.3) is 0 Å². The molecule has 1 saturated heterocycles. The van der Waals surface area contributed by atoms with Crippen LogP contribution in [0.15, 0.2) is 0 Å². The SMILES string of the molecule is CN(C(=O)CC1CCCO1)C(C)(C)CCl. The van der Waals surface area contributed by atoms with Gasteiger partial charge in [-0.05, 0) is 26.7 Å². The van der Waals surface area contributed by atoms with Gasteiger partial charge in [0.1, 0.15) is 0 Å². The molecule has 15 heavy (non-hydrogen) atoms. The first kappa shape index (κ1) is 12.8. The molecule has 0 aromatic carbocycles. The summed E-state index contributed by atoms with van der Waals surface area (Å²) in [4.78, 5) is 13.6. The zero-order chi connectivity index (χ0) is 11.5. The van der Waals surface area contributed by atoms with Crippen molar-refractivity contribution < 1.29 is 9.53 Å². The van der Waals surface area contributed by atoms with Gasteiger partial charge in [-0.1, -0.05) is 0 Å². The molecule has 88 valence electrons. The van der Waals surface area contributed by atoms with E-state index < -0.39 is 0 Å². The number of alkyl halides is 1. The minimum atomic E-state index is -0.281. The Labute approximate surface area is 96.7 Å². The molecule has 4 heteroatoms. The summed E-state index contributed by atoms with van der Waals surface area (Å²) in [5.41, 5.74) is -0.281. The minimum Gasteiger partial charge on any atom is -0.378 e. The van der Waals surface area contributed by atoms with Crippen molar-refractivity contribution in [1.82, 2.24) is 4.90 Å². The van der Waals surface area contributed by atoms with Gasteiger partial charge in [0, 0.05) is 19.5 Å². The summed E-state index contributed by atoms with van der Waals surface area (Å²) < 4.78 is 5.44. The molecule has 0 bridgehead atoms. The van der Waals surface area contributed by atoms with E-state index in [-0.39, 0.29) is 17.6 Å². The molecule has 0 N–H and O–H groups in total. The Kier molecular flexibility index (Phi) is 4.41. The van der Waals surface area contributed by atoms with Crippen LogP contribution in [0, 0.1) is 0 Å². The van der Waals surface area contributed by atoms with E-state index in [0.717, 1.165) is 19.4 Å². The number of carbonyl (C=O) groups excluding carboxylic acids is 1. The first-order valence-electron chi connectivity index (χ1n) is 5.41. The van der Waals surface area contributed by atoms with Crippen LogP contribution < -0.4 is 0 Å². The maximum absolute atomic E-state index is 11.9. The van der Waals surface area contributed by atoms with Crippen molar-refractivity contribution in [3.05, 3.63) is 0 Å². The molecule has 1 atom stereocenters. The first-order valence-corrected chi connectivity index (χ1v) is 5.95. The molecule has 1 heterocycles. The van der Waals surface area contributed by atoms with Gasteiger partial charge in [0.15, 0.2) is 0 Å². The molecule has 0 spiro atoms. The van der Waals surface area contributed by atoms with E-state index in [1.807, 2.05) is 13.8 Å². The third-order valence-corrected chi connectivity index (χ3v) is 3.69. The lowest BCUT2D eigenvalue weighted by Gasteiger charge is -2.34. The van der Waals surface area contributed by atoms with Crippen LogP contribution in [-0.4, -0.2) is 42.0 Å². The number of rotatable bonds is 4. The molecule has 1 aliphatic rings. The van der Waals surface area contributed by atoms with E-state index in [4.69, 9.17) is 16.3 Å². The maximum Gasteiger partial charge on any atom is 0.225 e. The Bertz CT molecular complexity index is 225. The zero-order valence-electron chi connectivity index (χ0n) is 9.75. The highest BCUT2D eigenvalue weighted by Gasteiger charge is 2.29. The summed E-state index contributed by atoms with van der Waals surface area (Å²) in [6.07, 6.45) is 2.67. The molecule has 1 unspecified atom stereocenters. The Morgan fingerprint density at radius 1 is 1.60 bits per heavy atom. The molecular weight excluding hydrogens is 214 g/mol. The average molecular weight is 234 g/mol. The van der Waals surface area contributed by atoms with Crippen molar-refractivity contribution in [2.24, 2.45) is 0 Å². The van der Waals surface area contributed by atoms with Crippen LogP contribution >= 0.6 is 11.6 Å². The summed E-state index contributed by atoms with van der Waals surface area (Å²) >= 11 is 5.82. The predicted molar refractivity (Wildman–Crippen MR) is 61.2 cm³/mol. The Morgan fingerprint density at radius 3 is 2.73 bits per heavy atom. The lowest BCUT2D eigenvalue weighted by atomic mass is 10.0. The normalized spacial score (nSPS) is 21.7. The van der Waals surface area contributed by atoms with Crippen LogP contribution in [-0.2, 0) is 9.53 Å². The smallest absolute Gasteiger partial charge is 0.225 e. The van der Waals surface area contributed by atoms with E-state index in [9.17, 15) is 4.79 Å². The average Bonchev–Trinajstić information content (AvgIpc) is 2.69. The molecule has 0 saturated carbocycles. The van der Waals surface area contributed by atoms with Gasteiger partial charge in [-0.25, -0.2) is 0 Å². The molecule has 1 rings (SSSR count). The number of hydrogen-bond donors (Lipinski definition) is 0. The van der Waals surface area contributed by atoms with Gasteiger partial charge >= 0.3 is 0 Å². The highest BCUT2D eigenvalue weighted by molar-refractivity contribution is 6.18. The van der Waals surface area contributed by atoms with Gasteiger partial charge in [-0.3, -0.25) is 4.79 Å². The second-order valence-electron chi connectivity index (χ2n) is 4.74. The highest BCUT2D eigenvalue weighted by Crippen LogP contribution is 2.20. The van der Waals surface area contributed by atoms with Crippen molar-refractivity contribution in [2.45, 2.75) is 44.8 Å². The fraction of sp³-hybridized carbons (Fsp3) is 0.909. The summed E-state index contributed by atoms with van der Waals surface area (Å²) in [7, 11) is 1.81. The van der Waals surface area contributed by atoms with Crippen molar-refractivity contribution in [3.63, 3.8) is 0 Å². The first-order chi connectivity index (χ1) is 6.97. The molecule has 1 amide bonds. The van der Waals surface area contributed by atoms with Crippen molar-refractivity contribution in [3.8, 4) is 0 Å². The van der Waals surface area contributed by atoms with Crippen LogP contribution in [0.3, 0.4) is 0 Å². The minimum absolute atomic E-state index is 0.117. The Hall–Kier alpha value is -0.280. The Morgan fingerprint density at radius 2 is 2.27 bits per heavy atom. The monoisotopic (exact) mass is 233 g/mol. The molecule has 1 aliphatic heterocycles. The molecule has 0 aromatic rings. The van der Waals surface area contributed by atoms with Crippen molar-refractivity contribution in [1.29, 1.82) is 0 Å². The van der Waals surface area contributed by atoms with E-state index in [1.165, 1.54) is 0 Å². The number of nitrogens with zero attached hydrogens (tertiary/aromatic N) is 1. The number of halogens is 1. The van der Waals surface area contributed by atoms with E-state index in [0.29, 0.717) is 12.3 Å². The third kappa shape index (κ3) is 3.35. The van der Waals surface area contributed by atoms with Crippen LogP contribution in [0.2, 0.25) is 0 Å². The Balaban J connectivity index is 2.45. The van der Waals surface area contributed by atoms with Crippen LogP contribution in [0.4, 0.5) is 0 Å². The van der Waals surface area contributed by atoms with Gasteiger partial charge in [0.2, 0.25) is 5.91 Å². The quantitative estimate of drug-likeness (QED) is 0.696. The van der Waals surface area contributed by atoms with Crippen LogP contribution in [0.1, 0.15) is 33.1 Å². The zero-order valence-corrected chi connectivity index (χ0v) is 10.5. The second kappa shape index (κ2) is 5.17. The van der Waals surface area contributed by atoms with Gasteiger partial charge in [-0.15, -0.1) is 11.6 Å². The summed E-state index contributed by atoms with van der Waals surface area (Å²) in [6.45, 7) is 4.72. The molecular formula is C11H20ClNO2. The fourth-order valence-electron chi connectivity index (χ4n) is 1.56. The summed E-state index contributed by atoms with van der Waals surface area (Å²) in [6, 6.07) is 0. The molecule has 0 aliphatic carbocycles. The van der Waals surface area contributed by atoms with Gasteiger partial charge < -0.3 is 9.64 Å². The third-order valence-electron chi connectivity index (χ3n) is 3.04. The molecule has 3 nitrogen and oxygen atoms in total. The summed E-state index contributed by atoms with van der Waals surface area (Å²) in [5, 5.41) is 0. The van der Waals surface area contributed by atoms with Crippen LogP contribution in [0.25, 0.3) is 0 Å². The van der Waals surface area contributed by atoms with E-state index >= 15 is 0 Å². The second-order valence-corrected chi connectivity index (χ2v) is 5.01. The lowest BCUT2D eigenvalue weighted by Crippen LogP contribution is -2.47. The number of ether oxygens (including phenoxy) is 1. The number of carbonyl (C=O) groups is 1. The lowest BCUT2D eigenvalue weighted by molar-refractivity contribution is -0.136. The summed E-state index contributed by atoms with van der Waals surface area (Å²) in [5.74, 6) is 0.563. The molecule has 0 aromatic heterocycles. The van der Waals surface area contributed by atoms with E-state index in [1.54, 1.807) is 11.9 Å². The highest BCUT2D eigenvalue weighted by atomic mass is 35.5. The van der Waals surface area contributed by atoms with Gasteiger partial charge in [-0.2, -0.15) is 0 Å². The largest absolute Gasteiger partial charge is 0.378 e. The number of hydrogen-bond acceptors (Lipinski definition) is 2. The van der Waals surface area contributed by atoms with Gasteiger partial charge in [0.05, 0.1) is 18.1 Å². The van der Waals surface area contributed by atoms with Crippen LogP contribution in [0.5, 0.6) is 0 Å². The van der Waals surface area contributed by atoms with Crippen molar-refractivity contribution >= 4 is 17.5 Å². The van der Waals surface area contributed by atoms with E-state index in [2.05, 4.69) is 0 Å². The predicted octanol–water partition coefficient (Wildman–Crippen LogP) is 2.03. The fourth-order valence-corrected chi connectivity index (χ4v) is 1.74. The molecule has 0 radical (unpaired) electrons. The topological polar surface area (TPSA) is 29.5 Å².